The van der Waals surface area contributed by atoms with Crippen LogP contribution in [0, 0.1) is 19.8 Å². The van der Waals surface area contributed by atoms with E-state index in [-0.39, 0.29) is 17.9 Å². The number of H-pyrrole nitrogens is 1. The minimum absolute atomic E-state index is 0.110. The molecule has 18 heavy (non-hydrogen) atoms. The van der Waals surface area contributed by atoms with Crippen molar-refractivity contribution in [2.45, 2.75) is 39.7 Å². The molecule has 98 valence electrons. The number of alkyl halides is 1. The number of nitrogens with zero attached hydrogens (tertiary/aromatic N) is 2. The molecule has 1 unspecified atom stereocenters. The number of aryl methyl sites for hydroxylation is 2. The zero-order chi connectivity index (χ0) is 13.4. The summed E-state index contributed by atoms with van der Waals surface area (Å²) < 4.78 is 0. The van der Waals surface area contributed by atoms with Gasteiger partial charge in [-0.25, -0.2) is 4.98 Å². The standard InChI is InChI=1S/C13H18ClN3O/c1-6(2)10(14)12-13-11(7(3)8(4)15-12)16-9(5-18)17-13/h6,10,18H,5H2,1-4H3,(H,16,17). The van der Waals surface area contributed by atoms with Crippen molar-refractivity contribution in [3.05, 3.63) is 22.8 Å². The Bertz CT molecular complexity index is 577. The Morgan fingerprint density at radius 2 is 1.94 bits per heavy atom. The van der Waals surface area contributed by atoms with Gasteiger partial charge in [0.25, 0.3) is 0 Å². The van der Waals surface area contributed by atoms with Gasteiger partial charge < -0.3 is 10.1 Å². The van der Waals surface area contributed by atoms with Gasteiger partial charge in [0.2, 0.25) is 0 Å². The summed E-state index contributed by atoms with van der Waals surface area (Å²) in [4.78, 5) is 12.1. The topological polar surface area (TPSA) is 61.8 Å². The number of hydrogen-bond donors (Lipinski definition) is 2. The van der Waals surface area contributed by atoms with Crippen LogP contribution in [0.4, 0.5) is 0 Å². The number of aromatic amines is 1. The zero-order valence-corrected chi connectivity index (χ0v) is 11.8. The highest BCUT2D eigenvalue weighted by atomic mass is 35.5. The van der Waals surface area contributed by atoms with E-state index in [0.29, 0.717) is 5.82 Å². The highest BCUT2D eigenvalue weighted by Crippen LogP contribution is 2.33. The predicted molar refractivity (Wildman–Crippen MR) is 72.7 cm³/mol. The number of halogens is 1. The molecule has 0 saturated carbocycles. The van der Waals surface area contributed by atoms with Crippen LogP contribution in [-0.4, -0.2) is 20.1 Å². The third-order valence-electron chi connectivity index (χ3n) is 3.19. The first-order valence-corrected chi connectivity index (χ1v) is 6.50. The molecule has 0 amide bonds. The lowest BCUT2D eigenvalue weighted by Gasteiger charge is -2.15. The lowest BCUT2D eigenvalue weighted by molar-refractivity contribution is 0.273. The van der Waals surface area contributed by atoms with Crippen LogP contribution in [0.5, 0.6) is 0 Å². The Morgan fingerprint density at radius 1 is 1.28 bits per heavy atom. The van der Waals surface area contributed by atoms with E-state index in [0.717, 1.165) is 28.0 Å². The first kappa shape index (κ1) is 13.3. The van der Waals surface area contributed by atoms with Gasteiger partial charge in [0.05, 0.1) is 22.1 Å². The lowest BCUT2D eigenvalue weighted by Crippen LogP contribution is -2.05. The van der Waals surface area contributed by atoms with Gasteiger partial charge in [-0.05, 0) is 25.3 Å². The van der Waals surface area contributed by atoms with E-state index in [1.54, 1.807) is 0 Å². The minimum Gasteiger partial charge on any atom is -0.388 e. The maximum Gasteiger partial charge on any atom is 0.133 e. The van der Waals surface area contributed by atoms with Crippen molar-refractivity contribution in [3.8, 4) is 0 Å². The maximum atomic E-state index is 9.19. The largest absolute Gasteiger partial charge is 0.388 e. The van der Waals surface area contributed by atoms with E-state index in [1.807, 2.05) is 13.8 Å². The SMILES string of the molecule is Cc1nc(C(Cl)C(C)C)c2[nH]c(CO)nc2c1C. The van der Waals surface area contributed by atoms with E-state index in [4.69, 9.17) is 11.6 Å². The second kappa shape index (κ2) is 4.86. The zero-order valence-electron chi connectivity index (χ0n) is 11.1. The van der Waals surface area contributed by atoms with Gasteiger partial charge in [-0.3, -0.25) is 4.98 Å². The van der Waals surface area contributed by atoms with Crippen LogP contribution in [0.2, 0.25) is 0 Å². The molecule has 0 aromatic carbocycles. The summed E-state index contributed by atoms with van der Waals surface area (Å²) in [6.07, 6.45) is 0. The van der Waals surface area contributed by atoms with E-state index >= 15 is 0 Å². The second-order valence-electron chi connectivity index (χ2n) is 4.92. The molecule has 4 nitrogen and oxygen atoms in total. The highest BCUT2D eigenvalue weighted by Gasteiger charge is 2.21. The molecule has 0 fully saturated rings. The van der Waals surface area contributed by atoms with Gasteiger partial charge in [-0.15, -0.1) is 11.6 Å². The molecule has 5 heteroatoms. The number of fused-ring (bicyclic) bond motifs is 1. The van der Waals surface area contributed by atoms with E-state index < -0.39 is 0 Å². The van der Waals surface area contributed by atoms with Crippen LogP contribution in [-0.2, 0) is 6.61 Å². The highest BCUT2D eigenvalue weighted by molar-refractivity contribution is 6.21. The Kier molecular flexibility index (Phi) is 3.59. The lowest BCUT2D eigenvalue weighted by atomic mass is 10.0. The molecular weight excluding hydrogens is 250 g/mol. The fourth-order valence-electron chi connectivity index (χ4n) is 1.96. The summed E-state index contributed by atoms with van der Waals surface area (Å²) >= 11 is 6.42. The molecule has 0 aliphatic rings. The molecule has 2 heterocycles. The fourth-order valence-corrected chi connectivity index (χ4v) is 2.12. The number of pyridine rings is 1. The van der Waals surface area contributed by atoms with Crippen molar-refractivity contribution in [3.63, 3.8) is 0 Å². The Morgan fingerprint density at radius 3 is 2.50 bits per heavy atom. The number of nitrogens with one attached hydrogen (secondary N) is 1. The Labute approximate surface area is 111 Å². The summed E-state index contributed by atoms with van der Waals surface area (Å²) in [6.45, 7) is 7.94. The number of rotatable bonds is 3. The quantitative estimate of drug-likeness (QED) is 0.841. The monoisotopic (exact) mass is 267 g/mol. The predicted octanol–water partition coefficient (Wildman–Crippen LogP) is 3.00. The molecule has 0 bridgehead atoms. The number of aliphatic hydroxyl groups is 1. The van der Waals surface area contributed by atoms with Crippen LogP contribution in [0.15, 0.2) is 0 Å². The number of imidazole rings is 1. The maximum absolute atomic E-state index is 9.19. The van der Waals surface area contributed by atoms with Gasteiger partial charge in [0, 0.05) is 5.69 Å². The first-order chi connectivity index (χ1) is 8.45. The van der Waals surface area contributed by atoms with Crippen LogP contribution in [0.25, 0.3) is 11.0 Å². The van der Waals surface area contributed by atoms with Crippen molar-refractivity contribution in [1.29, 1.82) is 0 Å². The Hall–Kier alpha value is -1.13. The van der Waals surface area contributed by atoms with Crippen molar-refractivity contribution >= 4 is 22.6 Å². The summed E-state index contributed by atoms with van der Waals surface area (Å²) in [5.41, 5.74) is 4.47. The summed E-state index contributed by atoms with van der Waals surface area (Å²) in [5.74, 6) is 0.833. The number of aromatic nitrogens is 3. The van der Waals surface area contributed by atoms with Crippen molar-refractivity contribution < 1.29 is 5.11 Å². The molecule has 0 saturated heterocycles. The van der Waals surface area contributed by atoms with Gasteiger partial charge in [0.1, 0.15) is 12.4 Å². The minimum atomic E-state index is -0.168. The van der Waals surface area contributed by atoms with Gasteiger partial charge in [-0.1, -0.05) is 13.8 Å². The smallest absolute Gasteiger partial charge is 0.133 e. The van der Waals surface area contributed by atoms with Gasteiger partial charge >= 0.3 is 0 Å². The molecule has 2 N–H and O–H groups in total. The van der Waals surface area contributed by atoms with Crippen LogP contribution in [0.3, 0.4) is 0 Å². The molecule has 2 aromatic heterocycles. The third-order valence-corrected chi connectivity index (χ3v) is 3.90. The van der Waals surface area contributed by atoms with Crippen LogP contribution < -0.4 is 0 Å². The van der Waals surface area contributed by atoms with Crippen molar-refractivity contribution in [1.82, 2.24) is 15.0 Å². The van der Waals surface area contributed by atoms with Gasteiger partial charge in [0.15, 0.2) is 0 Å². The number of aliphatic hydroxyl groups excluding tert-OH is 1. The molecule has 2 rings (SSSR count). The van der Waals surface area contributed by atoms with E-state index in [2.05, 4.69) is 28.8 Å². The van der Waals surface area contributed by atoms with E-state index in [1.165, 1.54) is 0 Å². The fraction of sp³-hybridized carbons (Fsp3) is 0.538. The molecule has 0 aliphatic carbocycles. The van der Waals surface area contributed by atoms with Gasteiger partial charge in [-0.2, -0.15) is 0 Å². The first-order valence-electron chi connectivity index (χ1n) is 6.06. The summed E-state index contributed by atoms with van der Waals surface area (Å²) in [5, 5.41) is 9.02. The molecule has 0 spiro atoms. The van der Waals surface area contributed by atoms with Crippen LogP contribution >= 0.6 is 11.6 Å². The second-order valence-corrected chi connectivity index (χ2v) is 5.39. The van der Waals surface area contributed by atoms with Crippen molar-refractivity contribution in [2.75, 3.05) is 0 Å². The molecule has 0 radical (unpaired) electrons. The van der Waals surface area contributed by atoms with Crippen LogP contribution in [0.1, 0.15) is 42.0 Å². The average molecular weight is 268 g/mol. The normalized spacial score (nSPS) is 13.5. The van der Waals surface area contributed by atoms with Crippen molar-refractivity contribution in [2.24, 2.45) is 5.92 Å². The molecule has 0 aliphatic heterocycles. The molecular formula is C13H18ClN3O. The molecule has 2 aromatic rings. The average Bonchev–Trinajstić information content (AvgIpc) is 2.77. The summed E-state index contributed by atoms with van der Waals surface area (Å²) in [6, 6.07) is 0. The van der Waals surface area contributed by atoms with E-state index in [9.17, 15) is 5.11 Å². The third kappa shape index (κ3) is 2.10. The summed E-state index contributed by atoms with van der Waals surface area (Å²) in [7, 11) is 0. The Balaban J connectivity index is 2.73. The molecule has 1 atom stereocenters. The number of hydrogen-bond acceptors (Lipinski definition) is 3.